The number of hydrogen-bond acceptors (Lipinski definition) is 16. The maximum atomic E-state index is 13.1. The standard InChI is InChI=1S/C50H54N4O12/c1-5-9-22-53(43-18-14-37(15-19-43)32-41(35-51)49(59)65-30-28-61-45(55)7-3)24-26-63-47(57)39-12-11-13-40(34-39)48(58)64-27-25-54(23-10-6-2)44-20-16-38(17-21-44)33-42(36-52)50(60)66-31-29-62-46(56)8-4/h7-8,11-21,32-34H,3-6,9-10,22-31H2,1-2H3/b41-32+,42-33+. The van der Waals surface area contributed by atoms with Gasteiger partial charge in [0.1, 0.15) is 62.9 Å². The van der Waals surface area contributed by atoms with E-state index in [1.54, 1.807) is 42.5 Å². The van der Waals surface area contributed by atoms with Gasteiger partial charge in [0.15, 0.2) is 0 Å². The van der Waals surface area contributed by atoms with Gasteiger partial charge in [-0.15, -0.1) is 0 Å². The van der Waals surface area contributed by atoms with Crippen molar-refractivity contribution in [2.24, 2.45) is 0 Å². The average Bonchev–Trinajstić information content (AvgIpc) is 3.34. The Labute approximate surface area is 384 Å². The smallest absolute Gasteiger partial charge is 0.349 e. The van der Waals surface area contributed by atoms with Crippen LogP contribution in [0.4, 0.5) is 11.4 Å². The molecule has 0 fully saturated rings. The highest BCUT2D eigenvalue weighted by Gasteiger charge is 2.17. The number of carbonyl (C=O) groups excluding carboxylic acids is 6. The number of unbranched alkanes of at least 4 members (excludes halogenated alkanes) is 2. The number of benzene rings is 3. The summed E-state index contributed by atoms with van der Waals surface area (Å²) in [5.74, 6) is -4.23. The van der Waals surface area contributed by atoms with Gasteiger partial charge in [0.25, 0.3) is 0 Å². The lowest BCUT2D eigenvalue weighted by molar-refractivity contribution is -0.146. The molecule has 0 N–H and O–H groups in total. The van der Waals surface area contributed by atoms with Gasteiger partial charge in [0.2, 0.25) is 0 Å². The van der Waals surface area contributed by atoms with E-state index in [2.05, 4.69) is 36.8 Å². The third-order valence-electron chi connectivity index (χ3n) is 9.36. The molecule has 0 saturated carbocycles. The molecule has 0 unspecified atom stereocenters. The fourth-order valence-corrected chi connectivity index (χ4v) is 5.87. The first-order valence-corrected chi connectivity index (χ1v) is 21.3. The van der Waals surface area contributed by atoms with Crippen LogP contribution in [-0.4, -0.2) is 102 Å². The van der Waals surface area contributed by atoms with Gasteiger partial charge in [0.05, 0.1) is 24.2 Å². The molecule has 0 atom stereocenters. The Bertz CT molecular complexity index is 2130. The fraction of sp³-hybridized carbons (Fsp3) is 0.320. The predicted octanol–water partition coefficient (Wildman–Crippen LogP) is 6.97. The summed E-state index contributed by atoms with van der Waals surface area (Å²) >= 11 is 0. The second kappa shape index (κ2) is 29.4. The van der Waals surface area contributed by atoms with Gasteiger partial charge in [0, 0.05) is 36.6 Å². The van der Waals surface area contributed by atoms with E-state index in [-0.39, 0.29) is 61.9 Å². The summed E-state index contributed by atoms with van der Waals surface area (Å²) in [6, 6.07) is 24.1. The summed E-state index contributed by atoms with van der Waals surface area (Å²) in [5, 5.41) is 19.0. The quantitative estimate of drug-likeness (QED) is 0.0237. The Balaban J connectivity index is 1.56. The van der Waals surface area contributed by atoms with Crippen molar-refractivity contribution < 1.29 is 57.2 Å². The molecule has 3 aromatic rings. The number of nitriles is 2. The Hall–Kier alpha value is -7.98. The van der Waals surface area contributed by atoms with E-state index in [1.165, 1.54) is 18.2 Å². The molecule has 0 spiro atoms. The third-order valence-corrected chi connectivity index (χ3v) is 9.36. The lowest BCUT2D eigenvalue weighted by Crippen LogP contribution is -2.29. The molecule has 16 nitrogen and oxygen atoms in total. The minimum absolute atomic E-state index is 0.0545. The molecular formula is C50H54N4O12. The van der Waals surface area contributed by atoms with Crippen molar-refractivity contribution in [2.45, 2.75) is 39.5 Å². The van der Waals surface area contributed by atoms with Crippen molar-refractivity contribution >= 4 is 59.3 Å². The van der Waals surface area contributed by atoms with Crippen molar-refractivity contribution in [1.29, 1.82) is 10.5 Å². The molecule has 0 aliphatic rings. The second-order valence-electron chi connectivity index (χ2n) is 14.1. The first kappa shape index (κ1) is 52.4. The summed E-state index contributed by atoms with van der Waals surface area (Å²) in [4.78, 5) is 77.4. The van der Waals surface area contributed by atoms with Crippen LogP contribution < -0.4 is 9.80 Å². The monoisotopic (exact) mass is 902 g/mol. The van der Waals surface area contributed by atoms with Gasteiger partial charge < -0.3 is 38.2 Å². The number of hydrogen-bond donors (Lipinski definition) is 0. The number of nitrogens with zero attached hydrogens (tertiary/aromatic N) is 4. The molecule has 0 aliphatic carbocycles. The number of ether oxygens (including phenoxy) is 6. The Kier molecular flexibility index (Phi) is 23.3. The maximum absolute atomic E-state index is 13.1. The zero-order valence-corrected chi connectivity index (χ0v) is 37.2. The fourth-order valence-electron chi connectivity index (χ4n) is 5.87. The molecule has 0 amide bonds. The third kappa shape index (κ3) is 18.4. The zero-order valence-electron chi connectivity index (χ0n) is 37.2. The van der Waals surface area contributed by atoms with E-state index in [0.717, 1.165) is 49.2 Å². The van der Waals surface area contributed by atoms with E-state index >= 15 is 0 Å². The molecule has 0 radical (unpaired) electrons. The highest BCUT2D eigenvalue weighted by Crippen LogP contribution is 2.20. The number of rotatable bonds is 28. The van der Waals surface area contributed by atoms with Gasteiger partial charge in [-0.3, -0.25) is 0 Å². The zero-order chi connectivity index (χ0) is 48.1. The first-order chi connectivity index (χ1) is 32.0. The van der Waals surface area contributed by atoms with Crippen LogP contribution in [0.1, 0.15) is 71.4 Å². The van der Waals surface area contributed by atoms with Gasteiger partial charge in [-0.2, -0.15) is 10.5 Å². The van der Waals surface area contributed by atoms with Crippen molar-refractivity contribution in [3.63, 3.8) is 0 Å². The molecule has 0 bridgehead atoms. The second-order valence-corrected chi connectivity index (χ2v) is 14.1. The van der Waals surface area contributed by atoms with Crippen LogP contribution >= 0.6 is 0 Å². The predicted molar refractivity (Wildman–Crippen MR) is 246 cm³/mol. The van der Waals surface area contributed by atoms with Gasteiger partial charge in [-0.25, -0.2) is 28.8 Å². The molecule has 346 valence electrons. The van der Waals surface area contributed by atoms with E-state index in [9.17, 15) is 39.3 Å². The molecule has 0 aliphatic heterocycles. The van der Waals surface area contributed by atoms with Crippen molar-refractivity contribution in [3.8, 4) is 12.1 Å². The average molecular weight is 903 g/mol. The number of carbonyl (C=O) groups is 6. The van der Waals surface area contributed by atoms with Crippen LogP contribution in [-0.2, 0) is 47.6 Å². The van der Waals surface area contributed by atoms with Crippen LogP contribution in [0.15, 0.2) is 109 Å². The highest BCUT2D eigenvalue weighted by atomic mass is 16.6. The SMILES string of the molecule is C=CC(=O)OCCOC(=O)/C(C#N)=C/c1ccc(N(CCCC)CCOC(=O)c2cccc(C(=O)OCCN(CCCC)c3ccc(/C=C(\C#N)C(=O)OCCOC(=O)C=C)cc3)c2)cc1. The summed E-state index contributed by atoms with van der Waals surface area (Å²) in [6.07, 6.45) is 8.36. The summed E-state index contributed by atoms with van der Waals surface area (Å²) in [7, 11) is 0. The van der Waals surface area contributed by atoms with E-state index < -0.39 is 35.8 Å². The summed E-state index contributed by atoms with van der Waals surface area (Å²) in [5.41, 5.74) is 2.75. The summed E-state index contributed by atoms with van der Waals surface area (Å²) < 4.78 is 30.8. The molecule has 0 aromatic heterocycles. The van der Waals surface area contributed by atoms with Gasteiger partial charge >= 0.3 is 35.8 Å². The topological polar surface area (TPSA) is 212 Å². The lowest BCUT2D eigenvalue weighted by Gasteiger charge is -2.25. The summed E-state index contributed by atoms with van der Waals surface area (Å²) in [6.45, 7) is 12.1. The lowest BCUT2D eigenvalue weighted by atomic mass is 10.1. The van der Waals surface area contributed by atoms with E-state index in [1.807, 2.05) is 36.4 Å². The number of anilines is 2. The van der Waals surface area contributed by atoms with Crippen molar-refractivity contribution in [1.82, 2.24) is 0 Å². The van der Waals surface area contributed by atoms with E-state index in [4.69, 9.17) is 28.4 Å². The Morgan fingerprint density at radius 1 is 0.530 bits per heavy atom. The van der Waals surface area contributed by atoms with Gasteiger partial charge in [-0.05, 0) is 78.6 Å². The van der Waals surface area contributed by atoms with Crippen LogP contribution in [0.2, 0.25) is 0 Å². The minimum Gasteiger partial charge on any atom is -0.460 e. The maximum Gasteiger partial charge on any atom is 0.349 e. The van der Waals surface area contributed by atoms with Gasteiger partial charge in [-0.1, -0.05) is 70.2 Å². The minimum atomic E-state index is -0.854. The van der Waals surface area contributed by atoms with Crippen molar-refractivity contribution in [2.75, 3.05) is 75.6 Å². The van der Waals surface area contributed by atoms with Crippen molar-refractivity contribution in [3.05, 3.63) is 132 Å². The molecule has 66 heavy (non-hydrogen) atoms. The molecule has 0 saturated heterocycles. The van der Waals surface area contributed by atoms with Crippen LogP contribution in [0.3, 0.4) is 0 Å². The van der Waals surface area contributed by atoms with Crippen LogP contribution in [0, 0.1) is 22.7 Å². The molecule has 16 heteroatoms. The molecule has 0 heterocycles. The first-order valence-electron chi connectivity index (χ1n) is 21.3. The van der Waals surface area contributed by atoms with E-state index in [0.29, 0.717) is 37.3 Å². The van der Waals surface area contributed by atoms with Crippen LogP contribution in [0.5, 0.6) is 0 Å². The highest BCUT2D eigenvalue weighted by molar-refractivity contribution is 5.99. The molecule has 3 aromatic carbocycles. The number of esters is 6. The largest absolute Gasteiger partial charge is 0.460 e. The Morgan fingerprint density at radius 2 is 0.909 bits per heavy atom. The Morgan fingerprint density at radius 3 is 1.26 bits per heavy atom. The normalized spacial score (nSPS) is 10.8. The van der Waals surface area contributed by atoms with Crippen LogP contribution in [0.25, 0.3) is 12.2 Å². The molecule has 3 rings (SSSR count). The molecular weight excluding hydrogens is 849 g/mol.